The van der Waals surface area contributed by atoms with Gasteiger partial charge in [0.1, 0.15) is 0 Å². The Labute approximate surface area is 183 Å². The maximum absolute atomic E-state index is 14.6. The highest BCUT2D eigenvalue weighted by molar-refractivity contribution is 8.03. The molecule has 1 aliphatic heterocycles. The van der Waals surface area contributed by atoms with Crippen molar-refractivity contribution < 1.29 is 31.9 Å². The van der Waals surface area contributed by atoms with E-state index < -0.39 is 35.6 Å². The summed E-state index contributed by atoms with van der Waals surface area (Å²) in [5, 5.41) is 9.90. The van der Waals surface area contributed by atoms with Crippen LogP contribution in [-0.2, 0) is 16.9 Å². The molecule has 1 aromatic rings. The van der Waals surface area contributed by atoms with Crippen LogP contribution in [0, 0.1) is 5.41 Å². The van der Waals surface area contributed by atoms with E-state index in [0.29, 0.717) is 24.2 Å². The van der Waals surface area contributed by atoms with Crippen LogP contribution in [0.4, 0.5) is 22.0 Å². The number of alkyl halides is 5. The number of nitrogens with zero attached hydrogens (tertiary/aromatic N) is 1. The van der Waals surface area contributed by atoms with Crippen LogP contribution >= 0.6 is 11.8 Å². The molecule has 0 unspecified atom stereocenters. The van der Waals surface area contributed by atoms with Crippen molar-refractivity contribution in [3.05, 3.63) is 58.1 Å². The van der Waals surface area contributed by atoms with Crippen LogP contribution in [0.25, 0.3) is 0 Å². The summed E-state index contributed by atoms with van der Waals surface area (Å²) >= 11 is 0.995. The van der Waals surface area contributed by atoms with Gasteiger partial charge in [-0.25, -0.2) is 13.6 Å². The van der Waals surface area contributed by atoms with Crippen molar-refractivity contribution in [2.45, 2.75) is 45.7 Å². The molecule has 1 aliphatic rings. The Kier molecular flexibility index (Phi) is 7.84. The van der Waals surface area contributed by atoms with Gasteiger partial charge in [0.05, 0.1) is 16.2 Å². The van der Waals surface area contributed by atoms with Crippen LogP contribution in [0.2, 0.25) is 0 Å². The molecule has 3 nitrogen and oxygen atoms in total. The molecule has 1 heterocycles. The molecule has 0 aliphatic carbocycles. The Balaban J connectivity index is 2.14. The second-order valence-corrected chi connectivity index (χ2v) is 9.65. The van der Waals surface area contributed by atoms with Crippen LogP contribution in [-0.4, -0.2) is 34.8 Å². The topological polar surface area (TPSA) is 40.5 Å². The number of aliphatic carboxylic acids is 1. The van der Waals surface area contributed by atoms with E-state index in [0.717, 1.165) is 36.4 Å². The molecule has 0 bridgehead atoms. The number of rotatable bonds is 8. The van der Waals surface area contributed by atoms with Gasteiger partial charge in [0, 0.05) is 30.8 Å². The standard InChI is InChI=1S/C22H26F5NO2S/c1-20(2,3)9-12-28-11-5-8-17(19(29)30)18(28)31-13-10-21(23,24)15-6-4-7-16(14-15)22(25,26)27/h4-8,14H,9-13H2,1-3H3,(H,29,30). The second-order valence-electron chi connectivity index (χ2n) is 8.56. The average molecular weight is 464 g/mol. The Bertz CT molecular complexity index is 856. The fourth-order valence-electron chi connectivity index (χ4n) is 2.96. The first-order valence-electron chi connectivity index (χ1n) is 9.78. The number of thioether (sulfide) groups is 1. The second kappa shape index (κ2) is 9.63. The van der Waals surface area contributed by atoms with Gasteiger partial charge in [-0.2, -0.15) is 13.2 Å². The van der Waals surface area contributed by atoms with Gasteiger partial charge in [-0.15, -0.1) is 11.8 Å². The normalized spacial score (nSPS) is 15.5. The predicted molar refractivity (Wildman–Crippen MR) is 112 cm³/mol. The monoisotopic (exact) mass is 463 g/mol. The van der Waals surface area contributed by atoms with Crippen molar-refractivity contribution >= 4 is 17.7 Å². The van der Waals surface area contributed by atoms with Crippen LogP contribution in [0.1, 0.15) is 44.7 Å². The summed E-state index contributed by atoms with van der Waals surface area (Å²) in [6.07, 6.45) is -1.47. The lowest BCUT2D eigenvalue weighted by Crippen LogP contribution is -2.30. The molecule has 0 aromatic heterocycles. The molecule has 2 rings (SSSR count). The van der Waals surface area contributed by atoms with E-state index in [9.17, 15) is 31.9 Å². The molecule has 172 valence electrons. The molecule has 0 amide bonds. The summed E-state index contributed by atoms with van der Waals surface area (Å²) in [5.41, 5.74) is -1.79. The third-order valence-electron chi connectivity index (χ3n) is 4.76. The van der Waals surface area contributed by atoms with E-state index in [2.05, 4.69) is 20.8 Å². The van der Waals surface area contributed by atoms with E-state index in [1.807, 2.05) is 4.90 Å². The molecular weight excluding hydrogens is 437 g/mol. The van der Waals surface area contributed by atoms with Crippen LogP contribution in [0.5, 0.6) is 0 Å². The maximum atomic E-state index is 14.6. The van der Waals surface area contributed by atoms with E-state index >= 15 is 0 Å². The number of halogens is 5. The maximum Gasteiger partial charge on any atom is 0.416 e. The van der Waals surface area contributed by atoms with Crippen molar-refractivity contribution in [1.29, 1.82) is 0 Å². The molecule has 9 heteroatoms. The van der Waals surface area contributed by atoms with Crippen molar-refractivity contribution in [3.8, 4) is 0 Å². The number of carboxylic acids is 1. The van der Waals surface area contributed by atoms with Gasteiger partial charge in [0.2, 0.25) is 0 Å². The highest BCUT2D eigenvalue weighted by Crippen LogP contribution is 2.39. The zero-order valence-electron chi connectivity index (χ0n) is 17.6. The highest BCUT2D eigenvalue weighted by Gasteiger charge is 2.36. The summed E-state index contributed by atoms with van der Waals surface area (Å²) in [5.74, 6) is -4.77. The van der Waals surface area contributed by atoms with Crippen molar-refractivity contribution in [3.63, 3.8) is 0 Å². The fourth-order valence-corrected chi connectivity index (χ4v) is 4.17. The number of carbonyl (C=O) groups is 1. The van der Waals surface area contributed by atoms with E-state index in [-0.39, 0.29) is 16.7 Å². The summed E-state index contributed by atoms with van der Waals surface area (Å²) in [6.45, 7) is 7.20. The molecule has 0 spiro atoms. The Morgan fingerprint density at radius 3 is 2.32 bits per heavy atom. The fraction of sp³-hybridized carbons (Fsp3) is 0.500. The summed E-state index contributed by atoms with van der Waals surface area (Å²) in [6, 6.07) is 3.15. The molecular formula is C22H26F5NO2S. The van der Waals surface area contributed by atoms with Crippen LogP contribution in [0.3, 0.4) is 0 Å². The lowest BCUT2D eigenvalue weighted by atomic mass is 9.92. The molecule has 0 fully saturated rings. The lowest BCUT2D eigenvalue weighted by molar-refractivity contribution is -0.138. The van der Waals surface area contributed by atoms with Gasteiger partial charge in [-0.3, -0.25) is 0 Å². The molecule has 1 N–H and O–H groups in total. The average Bonchev–Trinajstić information content (AvgIpc) is 2.65. The molecule has 0 radical (unpaired) electrons. The zero-order valence-corrected chi connectivity index (χ0v) is 18.4. The number of hydrogen-bond acceptors (Lipinski definition) is 3. The van der Waals surface area contributed by atoms with Crippen molar-refractivity contribution in [1.82, 2.24) is 4.90 Å². The Hall–Kier alpha value is -2.03. The molecule has 0 saturated carbocycles. The predicted octanol–water partition coefficient (Wildman–Crippen LogP) is 6.52. The van der Waals surface area contributed by atoms with Gasteiger partial charge in [-0.05, 0) is 30.0 Å². The van der Waals surface area contributed by atoms with E-state index in [1.165, 1.54) is 6.08 Å². The van der Waals surface area contributed by atoms with Gasteiger partial charge in [0.15, 0.2) is 0 Å². The SMILES string of the molecule is CC(C)(C)CCN1CC=CC(C(=O)O)=C1SCCC(F)(F)c1cccc(C(F)(F)F)c1. The van der Waals surface area contributed by atoms with Crippen LogP contribution < -0.4 is 0 Å². The Morgan fingerprint density at radius 2 is 1.74 bits per heavy atom. The number of carboxylic acid groups (broad SMARTS) is 1. The lowest BCUT2D eigenvalue weighted by Gasteiger charge is -2.32. The van der Waals surface area contributed by atoms with Gasteiger partial charge < -0.3 is 10.0 Å². The first-order chi connectivity index (χ1) is 14.2. The van der Waals surface area contributed by atoms with Crippen molar-refractivity contribution in [2.75, 3.05) is 18.8 Å². The Morgan fingerprint density at radius 1 is 1.10 bits per heavy atom. The first-order valence-corrected chi connectivity index (χ1v) is 10.8. The third kappa shape index (κ3) is 7.26. The smallest absolute Gasteiger partial charge is 0.416 e. The minimum atomic E-state index is -4.70. The molecule has 0 saturated heterocycles. The molecule has 31 heavy (non-hydrogen) atoms. The number of hydrogen-bond donors (Lipinski definition) is 1. The highest BCUT2D eigenvalue weighted by atomic mass is 32.2. The van der Waals surface area contributed by atoms with Gasteiger partial charge in [-0.1, -0.05) is 39.0 Å². The molecule has 0 atom stereocenters. The first kappa shape index (κ1) is 25.2. The summed E-state index contributed by atoms with van der Waals surface area (Å²) in [7, 11) is 0. The minimum Gasteiger partial charge on any atom is -0.478 e. The van der Waals surface area contributed by atoms with E-state index in [4.69, 9.17) is 0 Å². The van der Waals surface area contributed by atoms with Gasteiger partial charge >= 0.3 is 12.1 Å². The van der Waals surface area contributed by atoms with E-state index in [1.54, 1.807) is 6.08 Å². The third-order valence-corrected chi connectivity index (χ3v) is 5.92. The summed E-state index contributed by atoms with van der Waals surface area (Å²) < 4.78 is 67.7. The summed E-state index contributed by atoms with van der Waals surface area (Å²) in [4.78, 5) is 13.5. The zero-order chi connectivity index (χ0) is 23.4. The van der Waals surface area contributed by atoms with Gasteiger partial charge in [0.25, 0.3) is 5.92 Å². The molecule has 1 aromatic carbocycles. The quantitative estimate of drug-likeness (QED) is 0.446. The van der Waals surface area contributed by atoms with Crippen molar-refractivity contribution in [2.24, 2.45) is 5.41 Å². The van der Waals surface area contributed by atoms with Crippen LogP contribution in [0.15, 0.2) is 47.0 Å². The number of benzene rings is 1. The minimum absolute atomic E-state index is 0.0108. The largest absolute Gasteiger partial charge is 0.478 e.